The van der Waals surface area contributed by atoms with Gasteiger partial charge in [0.1, 0.15) is 0 Å². The number of amides is 1. The van der Waals surface area contributed by atoms with Crippen LogP contribution in [-0.2, 0) is 20.7 Å². The van der Waals surface area contributed by atoms with Gasteiger partial charge in [0.25, 0.3) is 0 Å². The lowest BCUT2D eigenvalue weighted by atomic mass is 9.82. The Morgan fingerprint density at radius 2 is 1.86 bits per heavy atom. The Morgan fingerprint density at radius 1 is 1.19 bits per heavy atom. The van der Waals surface area contributed by atoms with Crippen LogP contribution in [0.3, 0.4) is 0 Å². The molecule has 4 atom stereocenters. The molecule has 2 heterocycles. The summed E-state index contributed by atoms with van der Waals surface area (Å²) in [5, 5.41) is 14.1. The van der Waals surface area contributed by atoms with Gasteiger partial charge in [0.05, 0.1) is 18.1 Å². The zero-order valence-electron chi connectivity index (χ0n) is 11.6. The summed E-state index contributed by atoms with van der Waals surface area (Å²) in [6.45, 7) is 2.00. The Morgan fingerprint density at radius 3 is 2.52 bits per heavy atom. The van der Waals surface area contributed by atoms with Crippen LogP contribution in [0.15, 0.2) is 36.4 Å². The van der Waals surface area contributed by atoms with Crippen molar-refractivity contribution in [2.45, 2.75) is 25.6 Å². The molecule has 0 aliphatic carbocycles. The van der Waals surface area contributed by atoms with E-state index >= 15 is 0 Å². The van der Waals surface area contributed by atoms with E-state index in [1.807, 2.05) is 31.2 Å². The SMILES string of the molecule is CCc1ccccc1NC(=O)[C@H]1[C@@H](C(=O)[O-])[C@H]2C=C[C@@H]1O2. The number of rotatable bonds is 4. The summed E-state index contributed by atoms with van der Waals surface area (Å²) < 4.78 is 5.48. The molecule has 5 nitrogen and oxygen atoms in total. The van der Waals surface area contributed by atoms with Crippen LogP contribution in [0, 0.1) is 11.8 Å². The zero-order valence-corrected chi connectivity index (χ0v) is 11.6. The maximum absolute atomic E-state index is 12.5. The highest BCUT2D eigenvalue weighted by Crippen LogP contribution is 2.39. The van der Waals surface area contributed by atoms with Crippen molar-refractivity contribution in [3.05, 3.63) is 42.0 Å². The summed E-state index contributed by atoms with van der Waals surface area (Å²) in [4.78, 5) is 23.7. The number of fused-ring (bicyclic) bond motifs is 2. The van der Waals surface area contributed by atoms with Crippen molar-refractivity contribution in [1.29, 1.82) is 0 Å². The molecular formula is C16H16NO4-. The maximum atomic E-state index is 12.5. The Bertz CT molecular complexity index is 610. The number of benzene rings is 1. The van der Waals surface area contributed by atoms with Crippen molar-refractivity contribution in [3.63, 3.8) is 0 Å². The lowest BCUT2D eigenvalue weighted by Crippen LogP contribution is -2.45. The lowest BCUT2D eigenvalue weighted by Gasteiger charge is -2.25. The van der Waals surface area contributed by atoms with E-state index in [2.05, 4.69) is 5.32 Å². The van der Waals surface area contributed by atoms with Crippen molar-refractivity contribution < 1.29 is 19.4 Å². The van der Waals surface area contributed by atoms with Crippen molar-refractivity contribution in [2.75, 3.05) is 5.32 Å². The molecule has 3 rings (SSSR count). The van der Waals surface area contributed by atoms with Crippen LogP contribution in [0.5, 0.6) is 0 Å². The quantitative estimate of drug-likeness (QED) is 0.818. The van der Waals surface area contributed by atoms with Gasteiger partial charge in [0.15, 0.2) is 0 Å². The minimum absolute atomic E-state index is 0.332. The minimum Gasteiger partial charge on any atom is -0.550 e. The number of carboxylic acids is 1. The second-order valence-corrected chi connectivity index (χ2v) is 5.32. The van der Waals surface area contributed by atoms with Crippen LogP contribution in [0.1, 0.15) is 12.5 Å². The zero-order chi connectivity index (χ0) is 15.0. The van der Waals surface area contributed by atoms with Gasteiger partial charge in [-0.25, -0.2) is 0 Å². The normalized spacial score (nSPS) is 29.6. The van der Waals surface area contributed by atoms with Gasteiger partial charge in [0, 0.05) is 17.6 Å². The average molecular weight is 286 g/mol. The van der Waals surface area contributed by atoms with Crippen molar-refractivity contribution in [3.8, 4) is 0 Å². The number of carboxylic acid groups (broad SMARTS) is 1. The number of aliphatic carboxylic acids is 1. The number of hydrogen-bond donors (Lipinski definition) is 1. The van der Waals surface area contributed by atoms with Gasteiger partial charge in [-0.1, -0.05) is 37.3 Å². The highest BCUT2D eigenvalue weighted by Gasteiger charge is 2.50. The summed E-state index contributed by atoms with van der Waals surface area (Å²) >= 11 is 0. The number of carbonyl (C=O) groups excluding carboxylic acids is 2. The van der Waals surface area contributed by atoms with Gasteiger partial charge in [-0.15, -0.1) is 0 Å². The third kappa shape index (κ3) is 2.34. The fraction of sp³-hybridized carbons (Fsp3) is 0.375. The Labute approximate surface area is 122 Å². The third-order valence-electron chi connectivity index (χ3n) is 4.13. The Hall–Kier alpha value is -2.14. The third-order valence-corrected chi connectivity index (χ3v) is 4.13. The number of ether oxygens (including phenoxy) is 1. The largest absolute Gasteiger partial charge is 0.550 e. The number of nitrogens with one attached hydrogen (secondary N) is 1. The molecule has 21 heavy (non-hydrogen) atoms. The highest BCUT2D eigenvalue weighted by atomic mass is 16.5. The van der Waals surface area contributed by atoms with Gasteiger partial charge < -0.3 is 20.0 Å². The van der Waals surface area contributed by atoms with Crippen LogP contribution in [0.25, 0.3) is 0 Å². The fourth-order valence-corrected chi connectivity index (χ4v) is 3.07. The van der Waals surface area contributed by atoms with E-state index in [9.17, 15) is 14.7 Å². The predicted molar refractivity (Wildman–Crippen MR) is 74.2 cm³/mol. The summed E-state index contributed by atoms with van der Waals surface area (Å²) in [5.74, 6) is -3.23. The first kappa shape index (κ1) is 13.8. The summed E-state index contributed by atoms with van der Waals surface area (Å²) in [5.41, 5.74) is 1.73. The Kier molecular flexibility index (Phi) is 3.51. The van der Waals surface area contributed by atoms with Crippen molar-refractivity contribution >= 4 is 17.6 Å². The molecule has 0 saturated carbocycles. The first-order chi connectivity index (χ1) is 10.1. The van der Waals surface area contributed by atoms with Crippen LogP contribution < -0.4 is 10.4 Å². The molecule has 110 valence electrons. The van der Waals surface area contributed by atoms with Crippen molar-refractivity contribution in [2.24, 2.45) is 11.8 Å². The minimum atomic E-state index is -1.24. The molecule has 2 aliphatic heterocycles. The van der Waals surface area contributed by atoms with Crippen LogP contribution in [0.2, 0.25) is 0 Å². The molecule has 5 heteroatoms. The number of hydrogen-bond acceptors (Lipinski definition) is 4. The second-order valence-electron chi connectivity index (χ2n) is 5.32. The molecule has 1 saturated heterocycles. The Balaban J connectivity index is 1.82. The van der Waals surface area contributed by atoms with E-state index < -0.39 is 30.0 Å². The van der Waals surface area contributed by atoms with Crippen LogP contribution in [0.4, 0.5) is 5.69 Å². The highest BCUT2D eigenvalue weighted by molar-refractivity contribution is 5.97. The molecule has 1 fully saturated rings. The van der Waals surface area contributed by atoms with Gasteiger partial charge in [0.2, 0.25) is 5.91 Å². The standard InChI is InChI=1S/C16H17NO4/c1-2-9-5-3-4-6-10(9)17-15(18)13-11-7-8-12(21-11)14(13)16(19)20/h3-8,11-14H,2H2,1H3,(H,17,18)(H,19,20)/p-1/t11-,12+,13+,14-/m0/s1. The average Bonchev–Trinajstić information content (AvgIpc) is 3.08. The number of aryl methyl sites for hydroxylation is 1. The van der Waals surface area contributed by atoms with Gasteiger partial charge >= 0.3 is 0 Å². The van der Waals surface area contributed by atoms with E-state index in [-0.39, 0.29) is 5.91 Å². The van der Waals surface area contributed by atoms with E-state index in [1.54, 1.807) is 12.2 Å². The topological polar surface area (TPSA) is 78.5 Å². The summed E-state index contributed by atoms with van der Waals surface area (Å²) in [7, 11) is 0. The molecule has 0 aromatic heterocycles. The summed E-state index contributed by atoms with van der Waals surface area (Å²) in [6.07, 6.45) is 3.19. The van der Waals surface area contributed by atoms with Gasteiger partial charge in [-0.2, -0.15) is 0 Å². The predicted octanol–water partition coefficient (Wildman–Crippen LogP) is 0.507. The molecule has 1 amide bonds. The lowest BCUT2D eigenvalue weighted by molar-refractivity contribution is -0.313. The number of carbonyl (C=O) groups is 2. The molecule has 2 aliphatic rings. The van der Waals surface area contributed by atoms with E-state index in [0.717, 1.165) is 12.0 Å². The molecule has 0 unspecified atom stereocenters. The monoisotopic (exact) mass is 286 g/mol. The first-order valence-corrected chi connectivity index (χ1v) is 7.05. The smallest absolute Gasteiger partial charge is 0.231 e. The second kappa shape index (κ2) is 5.33. The van der Waals surface area contributed by atoms with E-state index in [1.165, 1.54) is 0 Å². The molecule has 1 N–H and O–H groups in total. The molecule has 0 radical (unpaired) electrons. The maximum Gasteiger partial charge on any atom is 0.231 e. The molecule has 1 aromatic rings. The van der Waals surface area contributed by atoms with Crippen LogP contribution in [-0.4, -0.2) is 24.1 Å². The molecular weight excluding hydrogens is 270 g/mol. The number of para-hydroxylation sites is 1. The summed E-state index contributed by atoms with van der Waals surface area (Å²) in [6, 6.07) is 7.49. The fourth-order valence-electron chi connectivity index (χ4n) is 3.07. The van der Waals surface area contributed by atoms with Crippen LogP contribution >= 0.6 is 0 Å². The first-order valence-electron chi connectivity index (χ1n) is 7.05. The molecule has 1 aromatic carbocycles. The van der Waals surface area contributed by atoms with Gasteiger partial charge in [-0.3, -0.25) is 4.79 Å². The van der Waals surface area contributed by atoms with Crippen molar-refractivity contribution in [1.82, 2.24) is 0 Å². The molecule has 2 bridgehead atoms. The van der Waals surface area contributed by atoms with E-state index in [0.29, 0.717) is 5.69 Å². The van der Waals surface area contributed by atoms with Gasteiger partial charge in [-0.05, 0) is 18.1 Å². The number of anilines is 1. The van der Waals surface area contributed by atoms with E-state index in [4.69, 9.17) is 4.74 Å². The molecule has 0 spiro atoms.